The van der Waals surface area contributed by atoms with Gasteiger partial charge in [-0.05, 0) is 31.8 Å². The maximum atomic E-state index is 9.15. The monoisotopic (exact) mass is 284 g/mol. The van der Waals surface area contributed by atoms with Crippen LogP contribution in [0.3, 0.4) is 0 Å². The molecule has 5 nitrogen and oxygen atoms in total. The van der Waals surface area contributed by atoms with Gasteiger partial charge >= 0.3 is 0 Å². The van der Waals surface area contributed by atoms with Gasteiger partial charge in [0.05, 0.1) is 12.8 Å². The minimum Gasteiger partial charge on any atom is -0.481 e. The molecule has 0 aromatic carbocycles. The van der Waals surface area contributed by atoms with Gasteiger partial charge in [0.15, 0.2) is 5.82 Å². The van der Waals surface area contributed by atoms with Crippen LogP contribution in [-0.2, 0) is 4.74 Å². The average molecular weight is 284 g/mol. The van der Waals surface area contributed by atoms with Crippen LogP contribution in [0.4, 0.5) is 0 Å². The summed E-state index contributed by atoms with van der Waals surface area (Å²) < 4.78 is 5.42. The average Bonchev–Trinajstić information content (AvgIpc) is 2.53. The number of nitrogens with zero attached hydrogens (tertiary/aromatic N) is 4. The summed E-state index contributed by atoms with van der Waals surface area (Å²) in [4.78, 5) is 4.75. The normalized spacial score (nSPS) is 22.2. The Morgan fingerprint density at radius 1 is 1.62 bits per heavy atom. The van der Waals surface area contributed by atoms with E-state index in [1.54, 1.807) is 12.1 Å². The van der Waals surface area contributed by atoms with Gasteiger partial charge in [0.25, 0.3) is 6.71 Å². The fourth-order valence-corrected chi connectivity index (χ4v) is 2.88. The number of ether oxygens (including phenoxy) is 1. The number of hydrogen-bond donors (Lipinski definition) is 0. The van der Waals surface area contributed by atoms with Gasteiger partial charge in [0, 0.05) is 18.8 Å². The van der Waals surface area contributed by atoms with Gasteiger partial charge in [-0.25, -0.2) is 10.3 Å². The van der Waals surface area contributed by atoms with Crippen LogP contribution >= 0.6 is 0 Å². The van der Waals surface area contributed by atoms with Gasteiger partial charge in [0.2, 0.25) is 5.88 Å². The summed E-state index contributed by atoms with van der Waals surface area (Å²) in [5.41, 5.74) is 2.04. The Morgan fingerprint density at radius 3 is 2.95 bits per heavy atom. The van der Waals surface area contributed by atoms with Crippen molar-refractivity contribution in [2.24, 2.45) is 16.0 Å². The number of nitriles is 1. The Hall–Kier alpha value is -2.03. The maximum Gasteiger partial charge on any atom is 0.268 e. The summed E-state index contributed by atoms with van der Waals surface area (Å²) in [5.74, 6) is 4.10. The molecule has 0 aromatic rings. The molecule has 0 saturated carbocycles. The summed E-state index contributed by atoms with van der Waals surface area (Å²) in [7, 11) is 1.62. The van der Waals surface area contributed by atoms with Crippen molar-refractivity contribution in [1.29, 1.82) is 5.26 Å². The number of allylic oxidation sites excluding steroid dienone is 2. The van der Waals surface area contributed by atoms with Crippen LogP contribution in [0.5, 0.6) is 0 Å². The highest BCUT2D eigenvalue weighted by Crippen LogP contribution is 2.31. The minimum absolute atomic E-state index is 0.136. The number of hydrogen-bond acceptors (Lipinski definition) is 5. The topological polar surface area (TPSA) is 61.0 Å². The van der Waals surface area contributed by atoms with Gasteiger partial charge in [-0.15, -0.1) is 0 Å². The molecule has 0 bridgehead atoms. The molecule has 0 aromatic heterocycles. The predicted octanol–water partition coefficient (Wildman–Crippen LogP) is 3.07. The molecule has 0 aliphatic carbocycles. The van der Waals surface area contributed by atoms with E-state index in [1.807, 2.05) is 19.9 Å². The van der Waals surface area contributed by atoms with Gasteiger partial charge in [-0.1, -0.05) is 19.1 Å². The first kappa shape index (κ1) is 15.4. The summed E-state index contributed by atoms with van der Waals surface area (Å²) in [6.07, 6.45) is 5.94. The van der Waals surface area contributed by atoms with Crippen LogP contribution in [0.1, 0.15) is 26.7 Å². The van der Waals surface area contributed by atoms with Crippen molar-refractivity contribution < 1.29 is 4.74 Å². The molecule has 2 aliphatic rings. The third kappa shape index (κ3) is 3.18. The third-order valence-electron chi connectivity index (χ3n) is 3.99. The number of hydrazone groups is 1. The fraction of sp³-hybridized carbons (Fsp3) is 0.533. The van der Waals surface area contributed by atoms with Crippen molar-refractivity contribution in [2.75, 3.05) is 7.11 Å². The summed E-state index contributed by atoms with van der Waals surface area (Å²) >= 11 is 0. The lowest BCUT2D eigenvalue weighted by molar-refractivity contribution is 0.180. The lowest BCUT2D eigenvalue weighted by atomic mass is 9.40. The molecule has 1 fully saturated rings. The van der Waals surface area contributed by atoms with E-state index < -0.39 is 0 Å². The Morgan fingerprint density at radius 2 is 2.38 bits per heavy atom. The van der Waals surface area contributed by atoms with Gasteiger partial charge < -0.3 is 4.74 Å². The molecule has 2 rings (SSSR count). The highest BCUT2D eigenvalue weighted by atomic mass is 16.5. The summed E-state index contributed by atoms with van der Waals surface area (Å²) in [6, 6.07) is 0. The van der Waals surface area contributed by atoms with Crippen molar-refractivity contribution in [3.05, 3.63) is 23.4 Å². The van der Waals surface area contributed by atoms with Crippen LogP contribution in [0, 0.1) is 17.1 Å². The first-order valence-corrected chi connectivity index (χ1v) is 7.28. The van der Waals surface area contributed by atoms with E-state index in [9.17, 15) is 0 Å². The molecule has 1 unspecified atom stereocenters. The Bertz CT molecular complexity index is 555. The molecule has 2 aliphatic heterocycles. The Balaban J connectivity index is 2.35. The van der Waals surface area contributed by atoms with Crippen LogP contribution < -0.4 is 0 Å². The zero-order valence-corrected chi connectivity index (χ0v) is 13.0. The van der Waals surface area contributed by atoms with Crippen LogP contribution in [0.25, 0.3) is 0 Å². The Kier molecular flexibility index (Phi) is 4.84. The molecule has 0 N–H and O–H groups in total. The van der Waals surface area contributed by atoms with Crippen LogP contribution in [0.2, 0.25) is 12.6 Å². The lowest BCUT2D eigenvalue weighted by Gasteiger charge is -2.30. The highest BCUT2D eigenvalue weighted by Gasteiger charge is 2.31. The standard InChI is InChI=1S/C15H21BN4O/c1-11(2)15-19-13(8-14(21-4)20(15)18-3)12-6-5-7-16(9-12)10-17/h8,12H,3,5-7,9H2,1-2,4H3. The van der Waals surface area contributed by atoms with Gasteiger partial charge in [-0.2, -0.15) is 10.1 Å². The molecule has 0 radical (unpaired) electrons. The molecule has 1 atom stereocenters. The van der Waals surface area contributed by atoms with Gasteiger partial charge in [-0.3, -0.25) is 0 Å². The SMILES string of the molecule is C=NN1C(OC)=CC(C2CCCB(C#N)C2)=NC1=C(C)C. The molecule has 0 amide bonds. The van der Waals surface area contributed by atoms with Crippen molar-refractivity contribution in [1.82, 2.24) is 5.01 Å². The maximum absolute atomic E-state index is 9.15. The molecular formula is C15H21BN4O. The number of methoxy groups -OCH3 is 1. The largest absolute Gasteiger partial charge is 0.481 e. The molecule has 110 valence electrons. The van der Waals surface area contributed by atoms with Crippen molar-refractivity contribution in [3.8, 4) is 5.97 Å². The first-order valence-electron chi connectivity index (χ1n) is 7.28. The first-order chi connectivity index (χ1) is 10.1. The smallest absolute Gasteiger partial charge is 0.268 e. The molecule has 0 spiro atoms. The zero-order valence-electron chi connectivity index (χ0n) is 13.0. The third-order valence-corrected chi connectivity index (χ3v) is 3.99. The number of aliphatic imine (C=N–C) groups is 1. The van der Waals surface area contributed by atoms with E-state index in [0.29, 0.717) is 11.8 Å². The van der Waals surface area contributed by atoms with E-state index >= 15 is 0 Å². The predicted molar refractivity (Wildman–Crippen MR) is 86.0 cm³/mol. The van der Waals surface area contributed by atoms with Crippen molar-refractivity contribution >= 4 is 19.1 Å². The van der Waals surface area contributed by atoms with E-state index in [-0.39, 0.29) is 6.71 Å². The lowest BCUT2D eigenvalue weighted by Crippen LogP contribution is -2.30. The minimum atomic E-state index is 0.136. The summed E-state index contributed by atoms with van der Waals surface area (Å²) in [6.45, 7) is 7.71. The quantitative estimate of drug-likeness (QED) is 0.591. The van der Waals surface area contributed by atoms with E-state index in [4.69, 9.17) is 15.0 Å². The highest BCUT2D eigenvalue weighted by molar-refractivity contribution is 6.67. The Labute approximate surface area is 126 Å². The molecule has 2 heterocycles. The second kappa shape index (κ2) is 6.62. The molecule has 21 heavy (non-hydrogen) atoms. The number of rotatable bonds is 3. The van der Waals surface area contributed by atoms with E-state index in [0.717, 1.165) is 42.6 Å². The second-order valence-corrected chi connectivity index (χ2v) is 5.69. The van der Waals surface area contributed by atoms with E-state index in [1.165, 1.54) is 0 Å². The molecule has 1 saturated heterocycles. The fourth-order valence-electron chi connectivity index (χ4n) is 2.88. The van der Waals surface area contributed by atoms with Crippen LogP contribution in [-0.4, -0.2) is 31.3 Å². The van der Waals surface area contributed by atoms with Crippen molar-refractivity contribution in [3.63, 3.8) is 0 Å². The zero-order chi connectivity index (χ0) is 15.4. The van der Waals surface area contributed by atoms with E-state index in [2.05, 4.69) is 17.8 Å². The molecule has 6 heteroatoms. The van der Waals surface area contributed by atoms with Gasteiger partial charge in [0.1, 0.15) is 0 Å². The van der Waals surface area contributed by atoms with Crippen LogP contribution in [0.15, 0.2) is 33.4 Å². The molecular weight excluding hydrogens is 263 g/mol. The summed E-state index contributed by atoms with van der Waals surface area (Å²) in [5, 5.41) is 14.8. The second-order valence-electron chi connectivity index (χ2n) is 5.69. The van der Waals surface area contributed by atoms with Crippen molar-refractivity contribution in [2.45, 2.75) is 39.3 Å².